The summed E-state index contributed by atoms with van der Waals surface area (Å²) in [5, 5.41) is 17.6. The number of hydrogen-bond donors (Lipinski definition) is 2. The Labute approximate surface area is 117 Å². The van der Waals surface area contributed by atoms with E-state index in [0.717, 1.165) is 29.7 Å². The summed E-state index contributed by atoms with van der Waals surface area (Å²) in [6, 6.07) is 4.10. The van der Waals surface area contributed by atoms with Crippen LogP contribution in [0.2, 0.25) is 0 Å². The molecule has 0 spiro atoms. The second kappa shape index (κ2) is 5.15. The van der Waals surface area contributed by atoms with Crippen LogP contribution in [0.5, 0.6) is 0 Å². The minimum Gasteiger partial charge on any atom is -0.480 e. The Morgan fingerprint density at radius 1 is 1.40 bits per heavy atom. The van der Waals surface area contributed by atoms with E-state index in [1.807, 2.05) is 13.0 Å². The highest BCUT2D eigenvalue weighted by Gasteiger charge is 2.15. The zero-order valence-electron chi connectivity index (χ0n) is 11.6. The lowest BCUT2D eigenvalue weighted by atomic mass is 10.1. The van der Waals surface area contributed by atoms with Crippen molar-refractivity contribution in [2.75, 3.05) is 11.9 Å². The van der Waals surface area contributed by atoms with Gasteiger partial charge < -0.3 is 10.4 Å². The topological polar surface area (TPSA) is 67.2 Å². The first kappa shape index (κ1) is 13.0. The van der Waals surface area contributed by atoms with Gasteiger partial charge in [0.05, 0.1) is 5.52 Å². The van der Waals surface area contributed by atoms with Crippen molar-refractivity contribution >= 4 is 22.6 Å². The van der Waals surface area contributed by atoms with Crippen LogP contribution in [0.3, 0.4) is 0 Å². The number of benzene rings is 1. The lowest BCUT2D eigenvalue weighted by Crippen LogP contribution is -2.12. The average Bonchev–Trinajstić information content (AvgIpc) is 2.59. The van der Waals surface area contributed by atoms with Gasteiger partial charge in [0, 0.05) is 23.3 Å². The quantitative estimate of drug-likeness (QED) is 0.902. The summed E-state index contributed by atoms with van der Waals surface area (Å²) in [7, 11) is 0. The molecule has 0 aliphatic carbocycles. The number of aromatic nitrogens is 2. The maximum Gasteiger partial charge on any atom is 0.322 e. The van der Waals surface area contributed by atoms with E-state index in [-0.39, 0.29) is 6.54 Å². The maximum absolute atomic E-state index is 10.7. The molecule has 1 aromatic carbocycles. The van der Waals surface area contributed by atoms with Crippen molar-refractivity contribution in [2.24, 2.45) is 0 Å². The van der Waals surface area contributed by atoms with Crippen molar-refractivity contribution in [3.05, 3.63) is 23.4 Å². The highest BCUT2D eigenvalue weighted by molar-refractivity contribution is 5.87. The molecule has 0 saturated carbocycles. The van der Waals surface area contributed by atoms with Crippen molar-refractivity contribution in [1.82, 2.24) is 9.78 Å². The number of hydrogen-bond acceptors (Lipinski definition) is 3. The molecule has 20 heavy (non-hydrogen) atoms. The van der Waals surface area contributed by atoms with Gasteiger partial charge in [-0.3, -0.25) is 9.48 Å². The second-order valence-electron chi connectivity index (χ2n) is 5.41. The van der Waals surface area contributed by atoms with Crippen LogP contribution >= 0.6 is 0 Å². The molecule has 1 aromatic heterocycles. The fourth-order valence-corrected chi connectivity index (χ4v) is 2.88. The van der Waals surface area contributed by atoms with Gasteiger partial charge in [0.2, 0.25) is 0 Å². The Balaban J connectivity index is 2.01. The van der Waals surface area contributed by atoms with Gasteiger partial charge >= 0.3 is 5.97 Å². The Morgan fingerprint density at radius 2 is 2.25 bits per heavy atom. The molecule has 0 radical (unpaired) electrons. The van der Waals surface area contributed by atoms with Crippen molar-refractivity contribution in [3.8, 4) is 0 Å². The molecule has 106 valence electrons. The molecule has 0 bridgehead atoms. The van der Waals surface area contributed by atoms with E-state index in [0.29, 0.717) is 0 Å². The van der Waals surface area contributed by atoms with E-state index in [1.54, 1.807) is 0 Å². The highest BCUT2D eigenvalue weighted by Crippen LogP contribution is 2.28. The molecule has 5 nitrogen and oxygen atoms in total. The monoisotopic (exact) mass is 273 g/mol. The molecule has 3 rings (SSSR count). The summed E-state index contributed by atoms with van der Waals surface area (Å²) in [4.78, 5) is 10.7. The fourth-order valence-electron chi connectivity index (χ4n) is 2.88. The molecular weight excluding hydrogens is 254 g/mol. The van der Waals surface area contributed by atoms with Gasteiger partial charge in [-0.05, 0) is 43.9 Å². The van der Waals surface area contributed by atoms with Crippen LogP contribution < -0.4 is 5.32 Å². The first-order valence-electron chi connectivity index (χ1n) is 7.11. The first-order valence-corrected chi connectivity index (χ1v) is 7.11. The number of carboxylic acids is 1. The molecule has 1 aliphatic heterocycles. The Hall–Kier alpha value is -2.04. The van der Waals surface area contributed by atoms with Gasteiger partial charge in [-0.1, -0.05) is 6.42 Å². The Morgan fingerprint density at radius 3 is 3.05 bits per heavy atom. The summed E-state index contributed by atoms with van der Waals surface area (Å²) in [6.45, 7) is 2.92. The molecule has 2 N–H and O–H groups in total. The van der Waals surface area contributed by atoms with Crippen LogP contribution in [0.4, 0.5) is 5.69 Å². The number of nitrogens with zero attached hydrogens (tertiary/aromatic N) is 2. The maximum atomic E-state index is 10.7. The van der Waals surface area contributed by atoms with E-state index < -0.39 is 5.97 Å². The number of aliphatic carboxylic acids is 1. The number of aryl methyl sites for hydroxylation is 3. The minimum absolute atomic E-state index is 0.0695. The van der Waals surface area contributed by atoms with Crippen LogP contribution in [0, 0.1) is 6.92 Å². The minimum atomic E-state index is -0.856. The lowest BCUT2D eigenvalue weighted by Gasteiger charge is -2.07. The van der Waals surface area contributed by atoms with Crippen molar-refractivity contribution < 1.29 is 9.90 Å². The van der Waals surface area contributed by atoms with Gasteiger partial charge in [-0.2, -0.15) is 5.10 Å². The zero-order chi connectivity index (χ0) is 14.1. The number of rotatable bonds is 3. The number of carboxylic acid groups (broad SMARTS) is 1. The highest BCUT2D eigenvalue weighted by atomic mass is 16.4. The zero-order valence-corrected chi connectivity index (χ0v) is 11.6. The van der Waals surface area contributed by atoms with E-state index in [2.05, 4.69) is 21.2 Å². The lowest BCUT2D eigenvalue weighted by molar-refractivity contribution is -0.134. The van der Waals surface area contributed by atoms with E-state index >= 15 is 0 Å². The molecule has 0 saturated heterocycles. The molecule has 0 fully saturated rings. The summed E-state index contributed by atoms with van der Waals surface area (Å²) in [5.74, 6) is -0.856. The second-order valence-corrected chi connectivity index (χ2v) is 5.41. The van der Waals surface area contributed by atoms with Gasteiger partial charge in [0.1, 0.15) is 6.54 Å². The fraction of sp³-hybridized carbons (Fsp3) is 0.467. The summed E-state index contributed by atoms with van der Waals surface area (Å²) < 4.78 is 2.12. The first-order chi connectivity index (χ1) is 9.65. The number of nitrogens with one attached hydrogen (secondary N) is 1. The summed E-state index contributed by atoms with van der Waals surface area (Å²) in [6.07, 6.45) is 4.75. The van der Waals surface area contributed by atoms with E-state index in [9.17, 15) is 4.79 Å². The smallest absolute Gasteiger partial charge is 0.322 e. The molecule has 0 atom stereocenters. The normalized spacial score (nSPS) is 14.8. The van der Waals surface area contributed by atoms with Crippen LogP contribution in [0.1, 0.15) is 30.5 Å². The van der Waals surface area contributed by atoms with Crippen molar-refractivity contribution in [3.63, 3.8) is 0 Å². The third-order valence-electron chi connectivity index (χ3n) is 3.91. The van der Waals surface area contributed by atoms with E-state index in [1.165, 1.54) is 30.3 Å². The average molecular weight is 273 g/mol. The van der Waals surface area contributed by atoms with Gasteiger partial charge in [-0.25, -0.2) is 0 Å². The van der Waals surface area contributed by atoms with Crippen LogP contribution in [-0.4, -0.2) is 27.4 Å². The van der Waals surface area contributed by atoms with Crippen LogP contribution in [0.15, 0.2) is 12.1 Å². The standard InChI is InChI=1S/C15H19N3O2/c1-10-7-11-13(8-12(10)16-9-15(19)20)17-18-6-4-2-3-5-14(11)18/h7-8,16H,2-6,9H2,1H3,(H,19,20). The third kappa shape index (κ3) is 2.35. The SMILES string of the molecule is Cc1cc2c3n(nc2cc1NCC(=O)O)CCCCC3. The molecule has 0 amide bonds. The molecule has 1 aliphatic rings. The third-order valence-corrected chi connectivity index (χ3v) is 3.91. The van der Waals surface area contributed by atoms with Gasteiger partial charge in [0.25, 0.3) is 0 Å². The Bertz CT molecular complexity index is 661. The molecule has 2 heterocycles. The molecular formula is C15H19N3O2. The largest absolute Gasteiger partial charge is 0.480 e. The molecule has 2 aromatic rings. The summed E-state index contributed by atoms with van der Waals surface area (Å²) >= 11 is 0. The van der Waals surface area contributed by atoms with E-state index in [4.69, 9.17) is 5.11 Å². The number of fused-ring (bicyclic) bond motifs is 3. The van der Waals surface area contributed by atoms with Crippen molar-refractivity contribution in [1.29, 1.82) is 0 Å². The van der Waals surface area contributed by atoms with Gasteiger partial charge in [-0.15, -0.1) is 0 Å². The van der Waals surface area contributed by atoms with Gasteiger partial charge in [0.15, 0.2) is 0 Å². The number of anilines is 1. The predicted molar refractivity (Wildman–Crippen MR) is 78.2 cm³/mol. The van der Waals surface area contributed by atoms with Crippen LogP contribution in [-0.2, 0) is 17.8 Å². The molecule has 5 heteroatoms. The Kier molecular flexibility index (Phi) is 3.34. The number of carbonyl (C=O) groups is 1. The molecule has 0 unspecified atom stereocenters. The summed E-state index contributed by atoms with van der Waals surface area (Å²) in [5.41, 5.74) is 4.21. The van der Waals surface area contributed by atoms with Crippen molar-refractivity contribution in [2.45, 2.75) is 39.2 Å². The predicted octanol–water partition coefficient (Wildman–Crippen LogP) is 2.57. The van der Waals surface area contributed by atoms with Crippen LogP contribution in [0.25, 0.3) is 10.9 Å².